The number of nitrogens with zero attached hydrogens (tertiary/aromatic N) is 1. The number of benzene rings is 1. The molecule has 0 amide bonds. The number of nitrogen functional groups attached to an aromatic ring is 1. The predicted octanol–water partition coefficient (Wildman–Crippen LogP) is 4.51. The fraction of sp³-hybridized carbons (Fsp3) is 0.357. The van der Waals surface area contributed by atoms with E-state index >= 15 is 0 Å². The molecule has 0 aliphatic heterocycles. The Bertz CT molecular complexity index is 632. The molecule has 0 fully saturated rings. The highest BCUT2D eigenvalue weighted by Gasteiger charge is 2.31. The zero-order chi connectivity index (χ0) is 15.1. The predicted molar refractivity (Wildman–Crippen MR) is 75.0 cm³/mol. The molecular formula is C14H15F3N2S. The summed E-state index contributed by atoms with van der Waals surface area (Å²) in [6.45, 7) is 5.51. The monoisotopic (exact) mass is 300 g/mol. The second-order valence-corrected chi connectivity index (χ2v) is 5.85. The van der Waals surface area contributed by atoms with Gasteiger partial charge in [0.1, 0.15) is 0 Å². The fourth-order valence-electron chi connectivity index (χ4n) is 2.26. The van der Waals surface area contributed by atoms with Crippen molar-refractivity contribution in [2.24, 2.45) is 0 Å². The normalized spacial score (nSPS) is 13.5. The molecule has 108 valence electrons. The lowest BCUT2D eigenvalue weighted by atomic mass is 9.92. The number of hydrogen-bond acceptors (Lipinski definition) is 3. The molecule has 1 unspecified atom stereocenters. The van der Waals surface area contributed by atoms with Gasteiger partial charge in [-0.25, -0.2) is 4.98 Å². The van der Waals surface area contributed by atoms with Crippen molar-refractivity contribution in [3.8, 4) is 0 Å². The Morgan fingerprint density at radius 2 is 1.90 bits per heavy atom. The quantitative estimate of drug-likeness (QED) is 0.886. The molecular weight excluding hydrogens is 285 g/mol. The van der Waals surface area contributed by atoms with E-state index in [4.69, 9.17) is 5.73 Å². The molecule has 0 aliphatic rings. The van der Waals surface area contributed by atoms with Crippen LogP contribution in [-0.2, 0) is 6.18 Å². The van der Waals surface area contributed by atoms with E-state index in [-0.39, 0.29) is 5.92 Å². The largest absolute Gasteiger partial charge is 0.416 e. The summed E-state index contributed by atoms with van der Waals surface area (Å²) in [5.41, 5.74) is 7.30. The molecule has 2 nitrogen and oxygen atoms in total. The highest BCUT2D eigenvalue weighted by atomic mass is 32.1. The third-order valence-corrected chi connectivity index (χ3v) is 4.48. The minimum absolute atomic E-state index is 0.160. The lowest BCUT2D eigenvalue weighted by Crippen LogP contribution is -2.08. The van der Waals surface area contributed by atoms with Gasteiger partial charge >= 0.3 is 6.18 Å². The maximum Gasteiger partial charge on any atom is 0.416 e. The van der Waals surface area contributed by atoms with Crippen molar-refractivity contribution in [3.63, 3.8) is 0 Å². The van der Waals surface area contributed by atoms with Gasteiger partial charge in [-0.15, -0.1) is 11.3 Å². The van der Waals surface area contributed by atoms with Crippen LogP contribution < -0.4 is 5.73 Å². The second-order valence-electron chi connectivity index (χ2n) is 4.79. The van der Waals surface area contributed by atoms with Crippen LogP contribution in [0.2, 0.25) is 0 Å². The first-order chi connectivity index (χ1) is 9.20. The molecule has 20 heavy (non-hydrogen) atoms. The van der Waals surface area contributed by atoms with Gasteiger partial charge < -0.3 is 5.73 Å². The van der Waals surface area contributed by atoms with E-state index in [0.717, 1.165) is 22.2 Å². The number of nitrogens with two attached hydrogens (primary N) is 1. The number of hydrogen-bond donors (Lipinski definition) is 1. The molecule has 0 aliphatic carbocycles. The number of alkyl halides is 3. The number of anilines is 1. The SMILES string of the molecule is Cc1ccc(C(F)(F)F)cc1C(C)c1sc(N)nc1C. The van der Waals surface area contributed by atoms with E-state index in [2.05, 4.69) is 4.98 Å². The molecule has 0 bridgehead atoms. The van der Waals surface area contributed by atoms with Crippen molar-refractivity contribution in [1.82, 2.24) is 4.98 Å². The highest BCUT2D eigenvalue weighted by Crippen LogP contribution is 2.37. The van der Waals surface area contributed by atoms with Crippen molar-refractivity contribution in [2.75, 3.05) is 5.73 Å². The molecule has 2 N–H and O–H groups in total. The Balaban J connectivity index is 2.49. The zero-order valence-electron chi connectivity index (χ0n) is 11.4. The van der Waals surface area contributed by atoms with Crippen LogP contribution in [0.4, 0.5) is 18.3 Å². The molecule has 1 atom stereocenters. The Hall–Kier alpha value is -1.56. The summed E-state index contributed by atoms with van der Waals surface area (Å²) in [4.78, 5) is 5.04. The van der Waals surface area contributed by atoms with Crippen LogP contribution in [0.5, 0.6) is 0 Å². The summed E-state index contributed by atoms with van der Waals surface area (Å²) >= 11 is 1.32. The Morgan fingerprint density at radius 3 is 2.40 bits per heavy atom. The molecule has 0 saturated heterocycles. The Kier molecular flexibility index (Phi) is 3.77. The summed E-state index contributed by atoms with van der Waals surface area (Å²) in [7, 11) is 0. The first-order valence-corrected chi connectivity index (χ1v) is 6.92. The topological polar surface area (TPSA) is 38.9 Å². The van der Waals surface area contributed by atoms with Gasteiger partial charge in [-0.2, -0.15) is 13.2 Å². The summed E-state index contributed by atoms with van der Waals surface area (Å²) in [5.74, 6) is -0.160. The molecule has 0 spiro atoms. The lowest BCUT2D eigenvalue weighted by Gasteiger charge is -2.16. The lowest BCUT2D eigenvalue weighted by molar-refractivity contribution is -0.137. The maximum atomic E-state index is 12.8. The summed E-state index contributed by atoms with van der Waals surface area (Å²) in [6, 6.07) is 3.84. The number of halogens is 3. The van der Waals surface area contributed by atoms with Crippen molar-refractivity contribution in [3.05, 3.63) is 45.5 Å². The van der Waals surface area contributed by atoms with E-state index in [1.807, 2.05) is 20.8 Å². The number of aryl methyl sites for hydroxylation is 2. The molecule has 0 saturated carbocycles. The van der Waals surface area contributed by atoms with E-state index in [9.17, 15) is 13.2 Å². The Morgan fingerprint density at radius 1 is 1.25 bits per heavy atom. The summed E-state index contributed by atoms with van der Waals surface area (Å²) in [6.07, 6.45) is -4.33. The number of aromatic nitrogens is 1. The molecule has 1 heterocycles. The number of rotatable bonds is 2. The van der Waals surface area contributed by atoms with Gasteiger partial charge in [-0.05, 0) is 37.1 Å². The highest BCUT2D eigenvalue weighted by molar-refractivity contribution is 7.15. The van der Waals surface area contributed by atoms with Crippen LogP contribution in [0.1, 0.15) is 40.1 Å². The molecule has 0 radical (unpaired) electrons. The Labute approximate surface area is 119 Å². The van der Waals surface area contributed by atoms with Gasteiger partial charge in [-0.3, -0.25) is 0 Å². The van der Waals surface area contributed by atoms with Gasteiger partial charge in [-0.1, -0.05) is 13.0 Å². The van der Waals surface area contributed by atoms with Gasteiger partial charge in [0, 0.05) is 10.8 Å². The number of thiazole rings is 1. The van der Waals surface area contributed by atoms with Gasteiger partial charge in [0.05, 0.1) is 11.3 Å². The molecule has 2 aromatic rings. The van der Waals surface area contributed by atoms with Crippen molar-refractivity contribution in [2.45, 2.75) is 32.9 Å². The minimum Gasteiger partial charge on any atom is -0.375 e. The van der Waals surface area contributed by atoms with Crippen molar-refractivity contribution in [1.29, 1.82) is 0 Å². The molecule has 1 aromatic carbocycles. The van der Waals surface area contributed by atoms with Gasteiger partial charge in [0.2, 0.25) is 0 Å². The van der Waals surface area contributed by atoms with E-state index in [1.165, 1.54) is 23.5 Å². The third kappa shape index (κ3) is 2.80. The molecule has 1 aromatic heterocycles. The standard InChI is InChI=1S/C14H15F3N2S/c1-7-4-5-10(14(15,16)17)6-11(7)8(2)12-9(3)19-13(18)20-12/h4-6,8H,1-3H3,(H2,18,19). The summed E-state index contributed by atoms with van der Waals surface area (Å²) < 4.78 is 38.5. The molecule has 6 heteroatoms. The zero-order valence-corrected chi connectivity index (χ0v) is 12.2. The van der Waals surface area contributed by atoms with Crippen LogP contribution in [0.3, 0.4) is 0 Å². The van der Waals surface area contributed by atoms with Crippen LogP contribution in [0.25, 0.3) is 0 Å². The van der Waals surface area contributed by atoms with Crippen LogP contribution in [0, 0.1) is 13.8 Å². The summed E-state index contributed by atoms with van der Waals surface area (Å²) in [5, 5.41) is 0.439. The van der Waals surface area contributed by atoms with Crippen LogP contribution in [-0.4, -0.2) is 4.98 Å². The average molecular weight is 300 g/mol. The fourth-order valence-corrected chi connectivity index (χ4v) is 3.16. The smallest absolute Gasteiger partial charge is 0.375 e. The first kappa shape index (κ1) is 14.8. The maximum absolute atomic E-state index is 12.8. The van der Waals surface area contributed by atoms with Crippen LogP contribution >= 0.6 is 11.3 Å². The van der Waals surface area contributed by atoms with E-state index in [1.54, 1.807) is 0 Å². The molecule has 2 rings (SSSR count). The second kappa shape index (κ2) is 5.09. The first-order valence-electron chi connectivity index (χ1n) is 6.10. The minimum atomic E-state index is -4.33. The third-order valence-electron chi connectivity index (χ3n) is 3.32. The van der Waals surface area contributed by atoms with Crippen molar-refractivity contribution < 1.29 is 13.2 Å². The van der Waals surface area contributed by atoms with Gasteiger partial charge in [0.15, 0.2) is 5.13 Å². The van der Waals surface area contributed by atoms with E-state index in [0.29, 0.717) is 10.7 Å². The van der Waals surface area contributed by atoms with Gasteiger partial charge in [0.25, 0.3) is 0 Å². The van der Waals surface area contributed by atoms with Crippen molar-refractivity contribution >= 4 is 16.5 Å². The van der Waals surface area contributed by atoms with E-state index < -0.39 is 11.7 Å². The average Bonchev–Trinajstić information content (AvgIpc) is 2.66. The van der Waals surface area contributed by atoms with Crippen LogP contribution in [0.15, 0.2) is 18.2 Å².